The summed E-state index contributed by atoms with van der Waals surface area (Å²) >= 11 is 2.83. The summed E-state index contributed by atoms with van der Waals surface area (Å²) in [5.41, 5.74) is 3.20. The van der Waals surface area contributed by atoms with E-state index in [1.54, 1.807) is 24.3 Å². The summed E-state index contributed by atoms with van der Waals surface area (Å²) in [6.07, 6.45) is 0. The lowest BCUT2D eigenvalue weighted by Gasteiger charge is -2.03. The number of hydrogen-bond acceptors (Lipinski definition) is 5. The zero-order valence-electron chi connectivity index (χ0n) is 13.6. The fourth-order valence-electron chi connectivity index (χ4n) is 2.18. The molecule has 0 aliphatic rings. The molecule has 0 unspecified atom stereocenters. The number of halogens is 1. The summed E-state index contributed by atoms with van der Waals surface area (Å²) in [4.78, 5) is 16.4. The average Bonchev–Trinajstić information content (AvgIpc) is 3.11. The number of nitrogens with zero attached hydrogens (tertiary/aromatic N) is 2. The van der Waals surface area contributed by atoms with E-state index in [0.29, 0.717) is 27.9 Å². The molecule has 0 fully saturated rings. The number of amides is 1. The molecule has 4 nitrogen and oxygen atoms in total. The van der Waals surface area contributed by atoms with Gasteiger partial charge in [-0.05, 0) is 42.0 Å². The number of carbonyl (C=O) groups is 1. The van der Waals surface area contributed by atoms with Crippen LogP contribution in [0.15, 0.2) is 53.9 Å². The topological polar surface area (TPSA) is 65.8 Å². The molecule has 0 saturated carbocycles. The van der Waals surface area contributed by atoms with Crippen molar-refractivity contribution in [3.63, 3.8) is 0 Å². The number of anilines is 1. The highest BCUT2D eigenvalue weighted by molar-refractivity contribution is 7.99. The lowest BCUT2D eigenvalue weighted by molar-refractivity contribution is -0.113. The van der Waals surface area contributed by atoms with E-state index in [1.165, 1.54) is 35.2 Å². The Labute approximate surface area is 158 Å². The Morgan fingerprint density at radius 3 is 2.62 bits per heavy atom. The molecule has 0 bridgehead atoms. The molecule has 130 valence electrons. The number of thioether (sulfide) groups is 1. The molecule has 0 atom stereocenters. The van der Waals surface area contributed by atoms with E-state index >= 15 is 0 Å². The second-order valence-corrected chi connectivity index (χ2v) is 7.24. The van der Waals surface area contributed by atoms with Gasteiger partial charge in [-0.2, -0.15) is 5.26 Å². The second-order valence-electron chi connectivity index (χ2n) is 5.39. The van der Waals surface area contributed by atoms with E-state index in [-0.39, 0.29) is 11.7 Å². The Morgan fingerprint density at radius 2 is 1.92 bits per heavy atom. The van der Waals surface area contributed by atoms with E-state index in [2.05, 4.69) is 16.4 Å². The van der Waals surface area contributed by atoms with E-state index in [4.69, 9.17) is 5.26 Å². The van der Waals surface area contributed by atoms with Crippen LogP contribution in [0.2, 0.25) is 0 Å². The average molecular weight is 383 g/mol. The van der Waals surface area contributed by atoms with Crippen LogP contribution in [-0.2, 0) is 10.5 Å². The first-order valence-corrected chi connectivity index (χ1v) is 9.75. The molecule has 3 rings (SSSR count). The molecule has 0 spiro atoms. The summed E-state index contributed by atoms with van der Waals surface area (Å²) in [6.45, 7) is 0. The van der Waals surface area contributed by atoms with Crippen molar-refractivity contribution in [2.24, 2.45) is 0 Å². The molecule has 1 N–H and O–H groups in total. The molecule has 0 saturated heterocycles. The van der Waals surface area contributed by atoms with Gasteiger partial charge in [-0.1, -0.05) is 12.1 Å². The van der Waals surface area contributed by atoms with Gasteiger partial charge < -0.3 is 5.32 Å². The number of benzene rings is 2. The summed E-state index contributed by atoms with van der Waals surface area (Å²) in [5, 5.41) is 13.9. The largest absolute Gasteiger partial charge is 0.301 e. The van der Waals surface area contributed by atoms with Crippen molar-refractivity contribution in [1.29, 1.82) is 5.26 Å². The molecule has 1 aromatic heterocycles. The summed E-state index contributed by atoms with van der Waals surface area (Å²) in [6, 6.07) is 15.5. The van der Waals surface area contributed by atoms with Gasteiger partial charge in [-0.25, -0.2) is 9.37 Å². The highest BCUT2D eigenvalue weighted by atomic mass is 32.2. The number of carbonyl (C=O) groups excluding carboxylic acids is 1. The molecule has 7 heteroatoms. The van der Waals surface area contributed by atoms with E-state index in [1.807, 2.05) is 17.5 Å². The second kappa shape index (κ2) is 8.61. The zero-order chi connectivity index (χ0) is 18.4. The van der Waals surface area contributed by atoms with Gasteiger partial charge in [0.25, 0.3) is 0 Å². The van der Waals surface area contributed by atoms with Crippen molar-refractivity contribution in [3.8, 4) is 17.3 Å². The van der Waals surface area contributed by atoms with Crippen LogP contribution in [0.1, 0.15) is 11.1 Å². The maximum Gasteiger partial charge on any atom is 0.236 e. The lowest BCUT2D eigenvalue weighted by atomic mass is 10.2. The Morgan fingerprint density at radius 1 is 1.19 bits per heavy atom. The van der Waals surface area contributed by atoms with E-state index < -0.39 is 0 Å². The maximum absolute atomic E-state index is 13.0. The van der Waals surface area contributed by atoms with Gasteiger partial charge in [0.15, 0.2) is 5.13 Å². The van der Waals surface area contributed by atoms with Gasteiger partial charge in [0.05, 0.1) is 23.1 Å². The van der Waals surface area contributed by atoms with Crippen molar-refractivity contribution >= 4 is 34.1 Å². The predicted octanol–water partition coefficient (Wildman–Crippen LogP) is 4.69. The highest BCUT2D eigenvalue weighted by Crippen LogP contribution is 2.25. The quantitative estimate of drug-likeness (QED) is 0.670. The third-order valence-electron chi connectivity index (χ3n) is 3.48. The minimum Gasteiger partial charge on any atom is -0.301 e. The Balaban J connectivity index is 1.49. The molecule has 2 aromatic carbocycles. The summed E-state index contributed by atoms with van der Waals surface area (Å²) in [5.74, 6) is 0.587. The van der Waals surface area contributed by atoms with Crippen LogP contribution in [0.5, 0.6) is 0 Å². The van der Waals surface area contributed by atoms with Gasteiger partial charge >= 0.3 is 0 Å². The molecule has 1 amide bonds. The van der Waals surface area contributed by atoms with Crippen LogP contribution in [0.25, 0.3) is 11.3 Å². The fraction of sp³-hybridized carbons (Fsp3) is 0.105. The monoisotopic (exact) mass is 383 g/mol. The number of rotatable bonds is 6. The molecule has 26 heavy (non-hydrogen) atoms. The predicted molar refractivity (Wildman–Crippen MR) is 103 cm³/mol. The third-order valence-corrected chi connectivity index (χ3v) is 5.24. The molecule has 1 heterocycles. The van der Waals surface area contributed by atoms with Crippen molar-refractivity contribution in [3.05, 3.63) is 70.9 Å². The number of aromatic nitrogens is 1. The van der Waals surface area contributed by atoms with Crippen LogP contribution in [0, 0.1) is 17.1 Å². The normalized spacial score (nSPS) is 10.3. The van der Waals surface area contributed by atoms with Crippen molar-refractivity contribution in [1.82, 2.24) is 4.98 Å². The smallest absolute Gasteiger partial charge is 0.236 e. The van der Waals surface area contributed by atoms with E-state index in [9.17, 15) is 9.18 Å². The highest BCUT2D eigenvalue weighted by Gasteiger charge is 2.08. The van der Waals surface area contributed by atoms with Gasteiger partial charge in [-0.15, -0.1) is 23.1 Å². The first-order valence-electron chi connectivity index (χ1n) is 7.72. The van der Waals surface area contributed by atoms with Crippen LogP contribution in [0.3, 0.4) is 0 Å². The molecular weight excluding hydrogens is 369 g/mol. The number of nitrogens with one attached hydrogen (secondary N) is 1. The fourth-order valence-corrected chi connectivity index (χ4v) is 3.70. The Hall–Kier alpha value is -2.69. The molecule has 3 aromatic rings. The Kier molecular flexibility index (Phi) is 6.00. The Bertz CT molecular complexity index is 931. The van der Waals surface area contributed by atoms with Crippen LogP contribution < -0.4 is 5.32 Å². The summed E-state index contributed by atoms with van der Waals surface area (Å²) in [7, 11) is 0. The van der Waals surface area contributed by atoms with Gasteiger partial charge in [0.1, 0.15) is 5.82 Å². The number of hydrogen-bond donors (Lipinski definition) is 1. The SMILES string of the molecule is N#Cc1ccc(CSCC(=O)Nc2nc(-c3ccc(F)cc3)cs2)cc1. The molecule has 0 aliphatic carbocycles. The van der Waals surface area contributed by atoms with Gasteiger partial charge in [0, 0.05) is 16.7 Å². The van der Waals surface area contributed by atoms with Crippen molar-refractivity contribution < 1.29 is 9.18 Å². The zero-order valence-corrected chi connectivity index (χ0v) is 15.2. The molecule has 0 aliphatic heterocycles. The van der Waals surface area contributed by atoms with Crippen molar-refractivity contribution in [2.75, 3.05) is 11.1 Å². The van der Waals surface area contributed by atoms with Crippen LogP contribution in [-0.4, -0.2) is 16.6 Å². The minimum atomic E-state index is -0.295. The minimum absolute atomic E-state index is 0.122. The van der Waals surface area contributed by atoms with Crippen LogP contribution >= 0.6 is 23.1 Å². The van der Waals surface area contributed by atoms with Gasteiger partial charge in [0.2, 0.25) is 5.91 Å². The van der Waals surface area contributed by atoms with Crippen molar-refractivity contribution in [2.45, 2.75) is 5.75 Å². The number of nitriles is 1. The summed E-state index contributed by atoms with van der Waals surface area (Å²) < 4.78 is 13.0. The standard InChI is InChI=1S/C19H14FN3OS2/c20-16-7-5-15(6-8-16)17-11-26-19(22-17)23-18(24)12-25-10-14-3-1-13(9-21)2-4-14/h1-8,11H,10,12H2,(H,22,23,24). The first kappa shape index (κ1) is 18.1. The maximum atomic E-state index is 13.0. The first-order chi connectivity index (χ1) is 12.6. The lowest BCUT2D eigenvalue weighted by Crippen LogP contribution is -2.13. The van der Waals surface area contributed by atoms with Crippen LogP contribution in [0.4, 0.5) is 9.52 Å². The third kappa shape index (κ3) is 4.91. The van der Waals surface area contributed by atoms with E-state index in [0.717, 1.165) is 11.1 Å². The molecule has 0 radical (unpaired) electrons. The number of thiazole rings is 1. The molecular formula is C19H14FN3OS2. The van der Waals surface area contributed by atoms with Gasteiger partial charge in [-0.3, -0.25) is 4.79 Å².